The first-order valence-corrected chi connectivity index (χ1v) is 7.10. The van der Waals surface area contributed by atoms with Crippen molar-refractivity contribution >= 4 is 21.8 Å². The summed E-state index contributed by atoms with van der Waals surface area (Å²) < 4.78 is 14.4. The normalized spacial score (nSPS) is 10.8. The van der Waals surface area contributed by atoms with Gasteiger partial charge in [-0.15, -0.1) is 0 Å². The fourth-order valence-corrected chi connectivity index (χ4v) is 1.98. The Kier molecular flexibility index (Phi) is 6.45. The minimum atomic E-state index is -0.232. The van der Waals surface area contributed by atoms with Gasteiger partial charge in [-0.25, -0.2) is 4.39 Å². The molecule has 0 bridgehead atoms. The largest absolute Gasteiger partial charge is 0.344 e. The minimum absolute atomic E-state index is 0.0177. The van der Waals surface area contributed by atoms with Crippen LogP contribution in [-0.4, -0.2) is 37.0 Å². The van der Waals surface area contributed by atoms with Gasteiger partial charge in [0.25, 0.3) is 0 Å². The topological polar surface area (TPSA) is 32.3 Å². The van der Waals surface area contributed by atoms with Crippen LogP contribution in [0.25, 0.3) is 0 Å². The van der Waals surface area contributed by atoms with Gasteiger partial charge >= 0.3 is 0 Å². The van der Waals surface area contributed by atoms with Crippen LogP contribution in [0, 0.1) is 5.82 Å². The average molecular weight is 331 g/mol. The first-order valence-electron chi connectivity index (χ1n) is 6.31. The third-order valence-corrected chi connectivity index (χ3v) is 3.30. The molecular weight excluding hydrogens is 311 g/mol. The lowest BCUT2D eigenvalue weighted by Gasteiger charge is -2.18. The number of likely N-dealkylation sites (N-methyl/N-ethyl adjacent to an activating group) is 1. The van der Waals surface area contributed by atoms with E-state index in [0.717, 1.165) is 4.47 Å². The van der Waals surface area contributed by atoms with E-state index in [1.165, 1.54) is 6.07 Å². The Morgan fingerprint density at radius 3 is 2.79 bits per heavy atom. The van der Waals surface area contributed by atoms with Crippen molar-refractivity contribution in [1.82, 2.24) is 10.2 Å². The molecule has 0 fully saturated rings. The van der Waals surface area contributed by atoms with Gasteiger partial charge in [-0.3, -0.25) is 4.79 Å². The molecule has 0 spiro atoms. The van der Waals surface area contributed by atoms with Crippen LogP contribution in [-0.2, 0) is 11.2 Å². The molecule has 3 nitrogen and oxygen atoms in total. The third-order valence-electron chi connectivity index (χ3n) is 2.81. The van der Waals surface area contributed by atoms with Gasteiger partial charge in [-0.05, 0) is 30.2 Å². The average Bonchev–Trinajstić information content (AvgIpc) is 2.36. The molecule has 0 saturated heterocycles. The van der Waals surface area contributed by atoms with E-state index < -0.39 is 0 Å². The van der Waals surface area contributed by atoms with Crippen LogP contribution < -0.4 is 5.32 Å². The van der Waals surface area contributed by atoms with Crippen molar-refractivity contribution < 1.29 is 9.18 Å². The molecule has 1 aromatic rings. The Morgan fingerprint density at radius 1 is 1.47 bits per heavy atom. The van der Waals surface area contributed by atoms with E-state index in [-0.39, 0.29) is 17.8 Å². The lowest BCUT2D eigenvalue weighted by molar-refractivity contribution is -0.129. The summed E-state index contributed by atoms with van der Waals surface area (Å²) in [6.07, 6.45) is 0.509. The molecule has 0 saturated carbocycles. The minimum Gasteiger partial charge on any atom is -0.344 e. The maximum atomic E-state index is 13.5. The molecular formula is C14H20BrFN2O. The van der Waals surface area contributed by atoms with Crippen LogP contribution in [0.1, 0.15) is 19.4 Å². The second kappa shape index (κ2) is 7.60. The number of rotatable bonds is 6. The smallest absolute Gasteiger partial charge is 0.236 e. The van der Waals surface area contributed by atoms with Crippen molar-refractivity contribution in [3.63, 3.8) is 0 Å². The summed E-state index contributed by atoms with van der Waals surface area (Å²) in [5.74, 6) is -0.214. The molecule has 1 aromatic carbocycles. The fourth-order valence-electron chi connectivity index (χ4n) is 1.57. The van der Waals surface area contributed by atoms with Gasteiger partial charge in [-0.1, -0.05) is 29.8 Å². The number of nitrogens with zero attached hydrogens (tertiary/aromatic N) is 1. The van der Waals surface area contributed by atoms with E-state index in [2.05, 4.69) is 21.2 Å². The number of hydrogen-bond donors (Lipinski definition) is 1. The third kappa shape index (κ3) is 5.70. The van der Waals surface area contributed by atoms with Gasteiger partial charge in [0, 0.05) is 24.1 Å². The lowest BCUT2D eigenvalue weighted by Crippen LogP contribution is -2.39. The predicted octanol–water partition coefficient (Wildman–Crippen LogP) is 2.59. The highest BCUT2D eigenvalue weighted by Crippen LogP contribution is 2.16. The van der Waals surface area contributed by atoms with Gasteiger partial charge in [0.1, 0.15) is 5.82 Å². The second-order valence-electron chi connectivity index (χ2n) is 4.84. The van der Waals surface area contributed by atoms with Crippen LogP contribution >= 0.6 is 15.9 Å². The molecule has 0 aromatic heterocycles. The van der Waals surface area contributed by atoms with Gasteiger partial charge in [-0.2, -0.15) is 0 Å². The monoisotopic (exact) mass is 330 g/mol. The van der Waals surface area contributed by atoms with Gasteiger partial charge in [0.05, 0.1) is 6.54 Å². The maximum Gasteiger partial charge on any atom is 0.236 e. The molecule has 19 heavy (non-hydrogen) atoms. The van der Waals surface area contributed by atoms with Gasteiger partial charge in [0.15, 0.2) is 0 Å². The van der Waals surface area contributed by atoms with E-state index in [4.69, 9.17) is 0 Å². The summed E-state index contributed by atoms with van der Waals surface area (Å²) in [7, 11) is 1.74. The van der Waals surface area contributed by atoms with E-state index in [1.807, 2.05) is 13.8 Å². The first-order chi connectivity index (χ1) is 8.90. The Morgan fingerprint density at radius 2 is 2.16 bits per heavy atom. The molecule has 0 aliphatic heterocycles. The highest BCUT2D eigenvalue weighted by molar-refractivity contribution is 9.10. The molecule has 0 unspecified atom stereocenters. The fraction of sp³-hybridized carbons (Fsp3) is 0.500. The van der Waals surface area contributed by atoms with Crippen molar-refractivity contribution in [2.45, 2.75) is 26.3 Å². The molecule has 1 amide bonds. The van der Waals surface area contributed by atoms with E-state index in [9.17, 15) is 9.18 Å². The number of halogens is 2. The molecule has 0 heterocycles. The number of carbonyl (C=O) groups is 1. The lowest BCUT2D eigenvalue weighted by atomic mass is 10.1. The number of amides is 1. The molecule has 1 N–H and O–H groups in total. The summed E-state index contributed by atoms with van der Waals surface area (Å²) in [4.78, 5) is 13.4. The molecule has 5 heteroatoms. The summed E-state index contributed by atoms with van der Waals surface area (Å²) >= 11 is 3.32. The number of hydrogen-bond acceptors (Lipinski definition) is 2. The zero-order valence-electron chi connectivity index (χ0n) is 11.5. The highest BCUT2D eigenvalue weighted by Gasteiger charge is 2.10. The van der Waals surface area contributed by atoms with Crippen molar-refractivity contribution in [3.8, 4) is 0 Å². The Bertz CT molecular complexity index is 437. The summed E-state index contributed by atoms with van der Waals surface area (Å²) in [6, 6.07) is 5.13. The quantitative estimate of drug-likeness (QED) is 0.869. The van der Waals surface area contributed by atoms with Crippen molar-refractivity contribution in [2.24, 2.45) is 0 Å². The molecule has 0 radical (unpaired) electrons. The van der Waals surface area contributed by atoms with Crippen LogP contribution in [0.3, 0.4) is 0 Å². The van der Waals surface area contributed by atoms with Crippen molar-refractivity contribution in [1.29, 1.82) is 0 Å². The summed E-state index contributed by atoms with van der Waals surface area (Å²) in [5, 5.41) is 3.07. The van der Waals surface area contributed by atoms with Gasteiger partial charge < -0.3 is 10.2 Å². The van der Waals surface area contributed by atoms with E-state index in [0.29, 0.717) is 25.1 Å². The van der Waals surface area contributed by atoms with Crippen LogP contribution in [0.4, 0.5) is 4.39 Å². The molecule has 1 rings (SSSR count). The van der Waals surface area contributed by atoms with Gasteiger partial charge in [0.2, 0.25) is 5.91 Å². The second-order valence-corrected chi connectivity index (χ2v) is 5.75. The summed E-state index contributed by atoms with van der Waals surface area (Å²) in [6.45, 7) is 4.80. The summed E-state index contributed by atoms with van der Waals surface area (Å²) in [5.41, 5.74) is 0.617. The van der Waals surface area contributed by atoms with Crippen LogP contribution in [0.15, 0.2) is 22.7 Å². The molecule has 0 aliphatic carbocycles. The number of nitrogens with one attached hydrogen (secondary N) is 1. The zero-order chi connectivity index (χ0) is 14.4. The van der Waals surface area contributed by atoms with Crippen LogP contribution in [0.2, 0.25) is 0 Å². The van der Waals surface area contributed by atoms with Crippen molar-refractivity contribution in [2.75, 3.05) is 20.1 Å². The molecule has 0 aliphatic rings. The zero-order valence-corrected chi connectivity index (χ0v) is 13.1. The molecule has 0 atom stereocenters. The SMILES string of the molecule is CC(C)NCC(=O)N(C)CCc1cc(Br)ccc1F. The molecule has 106 valence electrons. The van der Waals surface area contributed by atoms with E-state index in [1.54, 1.807) is 24.1 Å². The number of benzene rings is 1. The Labute approximate surface area is 122 Å². The maximum absolute atomic E-state index is 13.5. The van der Waals surface area contributed by atoms with Crippen LogP contribution in [0.5, 0.6) is 0 Å². The standard InChI is InChI=1S/C14H20BrFN2O/c1-10(2)17-9-14(19)18(3)7-6-11-8-12(15)4-5-13(11)16/h4-5,8,10,17H,6-7,9H2,1-3H3. The van der Waals surface area contributed by atoms with Crippen molar-refractivity contribution in [3.05, 3.63) is 34.1 Å². The first kappa shape index (κ1) is 16.1. The van der Waals surface area contributed by atoms with E-state index >= 15 is 0 Å². The predicted molar refractivity (Wildman–Crippen MR) is 78.6 cm³/mol. The Balaban J connectivity index is 2.47. The number of carbonyl (C=O) groups excluding carboxylic acids is 1. The highest BCUT2D eigenvalue weighted by atomic mass is 79.9. The Hall–Kier alpha value is -0.940.